The molecule has 0 aliphatic carbocycles. The van der Waals surface area contributed by atoms with Crippen molar-refractivity contribution in [2.45, 2.75) is 38.0 Å². The number of hydrogen-bond acceptors (Lipinski definition) is 4. The Hall–Kier alpha value is -2.80. The first kappa shape index (κ1) is 27.2. The van der Waals surface area contributed by atoms with E-state index in [0.717, 1.165) is 81.2 Å². The molecule has 1 amide bonds. The first-order chi connectivity index (χ1) is 18.1. The predicted molar refractivity (Wildman–Crippen MR) is 146 cm³/mol. The second-order valence-corrected chi connectivity index (χ2v) is 10.2. The van der Waals surface area contributed by atoms with Crippen molar-refractivity contribution in [3.05, 3.63) is 83.7 Å². The zero-order chi connectivity index (χ0) is 26.0. The molecule has 37 heavy (non-hydrogen) atoms. The Kier molecular flexibility index (Phi) is 10.1. The lowest BCUT2D eigenvalue weighted by Gasteiger charge is -2.33. The molecule has 3 aromatic rings. The molecular weight excluding hydrogens is 467 g/mol. The first-order valence-corrected chi connectivity index (χ1v) is 13.6. The van der Waals surface area contributed by atoms with Crippen molar-refractivity contribution in [2.75, 3.05) is 45.9 Å². The third-order valence-electron chi connectivity index (χ3n) is 7.60. The average Bonchev–Trinajstić information content (AvgIpc) is 3.41. The molecule has 2 heterocycles. The number of benzene rings is 3. The van der Waals surface area contributed by atoms with Gasteiger partial charge in [0.25, 0.3) is 5.91 Å². The van der Waals surface area contributed by atoms with E-state index in [1.54, 1.807) is 12.1 Å². The maximum atomic E-state index is 13.2. The van der Waals surface area contributed by atoms with E-state index in [2.05, 4.69) is 17.0 Å². The number of carbonyl (C=O) groups excluding carboxylic acids is 1. The monoisotopic (exact) mass is 506 g/mol. The molecule has 2 fully saturated rings. The van der Waals surface area contributed by atoms with Gasteiger partial charge >= 0.3 is 0 Å². The molecule has 5 rings (SSSR count). The lowest BCUT2D eigenvalue weighted by Crippen LogP contribution is -2.37. The molecule has 0 bridgehead atoms. The second kappa shape index (κ2) is 13.7. The molecule has 2 aliphatic rings. The normalized spacial score (nSPS) is 18.6. The lowest BCUT2D eigenvalue weighted by molar-refractivity contribution is 0.0784. The molecule has 5 nitrogen and oxygen atoms in total. The van der Waals surface area contributed by atoms with Crippen LogP contribution in [-0.4, -0.2) is 71.9 Å². The van der Waals surface area contributed by atoms with E-state index in [0.29, 0.717) is 11.8 Å². The summed E-state index contributed by atoms with van der Waals surface area (Å²) in [6, 6.07) is 21.1. The molecule has 1 atom stereocenters. The fourth-order valence-corrected chi connectivity index (χ4v) is 5.52. The summed E-state index contributed by atoms with van der Waals surface area (Å²) in [5, 5.41) is 18.3. The quantitative estimate of drug-likeness (QED) is 0.439. The summed E-state index contributed by atoms with van der Waals surface area (Å²) in [6.45, 7) is 5.31. The van der Waals surface area contributed by atoms with Crippen LogP contribution in [0.15, 0.2) is 66.7 Å². The van der Waals surface area contributed by atoms with Gasteiger partial charge in [-0.15, -0.1) is 0 Å². The summed E-state index contributed by atoms with van der Waals surface area (Å²) >= 11 is 0. The van der Waals surface area contributed by atoms with E-state index in [9.17, 15) is 9.18 Å². The number of aliphatic hydroxyl groups excluding tert-OH is 2. The van der Waals surface area contributed by atoms with Crippen LogP contribution in [0.25, 0.3) is 10.8 Å². The fraction of sp³-hybridized carbons (Fsp3) is 0.452. The number of halogens is 1. The van der Waals surface area contributed by atoms with Crippen LogP contribution >= 0.6 is 0 Å². The predicted octanol–water partition coefficient (Wildman–Crippen LogP) is 5.07. The van der Waals surface area contributed by atoms with Crippen molar-refractivity contribution in [3.8, 4) is 0 Å². The number of nitrogens with zero attached hydrogens (tertiary/aromatic N) is 2. The van der Waals surface area contributed by atoms with Gasteiger partial charge in [0.2, 0.25) is 0 Å². The minimum absolute atomic E-state index is 0.161. The number of amides is 1. The maximum absolute atomic E-state index is 13.2. The molecule has 3 aromatic carbocycles. The standard InChI is InChI=1S/C27H29FN2O.C4H10O2/c28-24-10-8-21(9-11-24)22-13-15-29(16-14-22)18-20-12-17-30(19-20)27(31)26-7-3-5-23-4-1-2-6-25(23)26;5-3-1-2-4-6/h1-11,20,22H,12-19H2;5-6H,1-4H2/t20-;/m1./s1. The van der Waals surface area contributed by atoms with Gasteiger partial charge in [-0.05, 0) is 91.6 Å². The van der Waals surface area contributed by atoms with E-state index in [-0.39, 0.29) is 24.9 Å². The molecule has 2 saturated heterocycles. The van der Waals surface area contributed by atoms with Crippen molar-refractivity contribution in [2.24, 2.45) is 5.92 Å². The minimum atomic E-state index is -0.162. The van der Waals surface area contributed by atoms with Gasteiger partial charge in [-0.2, -0.15) is 0 Å². The Morgan fingerprint density at radius 1 is 0.838 bits per heavy atom. The van der Waals surface area contributed by atoms with Gasteiger partial charge in [-0.25, -0.2) is 4.39 Å². The zero-order valence-corrected chi connectivity index (χ0v) is 21.6. The van der Waals surface area contributed by atoms with Gasteiger partial charge in [0.15, 0.2) is 0 Å². The second-order valence-electron chi connectivity index (χ2n) is 10.2. The Labute approximate surface area is 219 Å². The van der Waals surface area contributed by atoms with Crippen LogP contribution in [0.4, 0.5) is 4.39 Å². The summed E-state index contributed by atoms with van der Waals surface area (Å²) in [7, 11) is 0. The van der Waals surface area contributed by atoms with Gasteiger partial charge < -0.3 is 20.0 Å². The Balaban J connectivity index is 0.000000480. The third kappa shape index (κ3) is 7.37. The van der Waals surface area contributed by atoms with Crippen molar-refractivity contribution in [1.29, 1.82) is 0 Å². The molecule has 0 unspecified atom stereocenters. The number of aliphatic hydroxyl groups is 2. The van der Waals surface area contributed by atoms with Crippen LogP contribution < -0.4 is 0 Å². The highest BCUT2D eigenvalue weighted by Gasteiger charge is 2.30. The minimum Gasteiger partial charge on any atom is -0.396 e. The van der Waals surface area contributed by atoms with Gasteiger partial charge in [0, 0.05) is 38.4 Å². The largest absolute Gasteiger partial charge is 0.396 e. The van der Waals surface area contributed by atoms with Crippen molar-refractivity contribution in [1.82, 2.24) is 9.80 Å². The molecule has 0 radical (unpaired) electrons. The molecule has 2 aliphatic heterocycles. The van der Waals surface area contributed by atoms with Crippen LogP contribution in [0.2, 0.25) is 0 Å². The van der Waals surface area contributed by atoms with E-state index in [1.165, 1.54) is 5.56 Å². The van der Waals surface area contributed by atoms with Crippen LogP contribution in [0.3, 0.4) is 0 Å². The van der Waals surface area contributed by atoms with Crippen molar-refractivity contribution in [3.63, 3.8) is 0 Å². The van der Waals surface area contributed by atoms with Crippen LogP contribution in [-0.2, 0) is 0 Å². The van der Waals surface area contributed by atoms with Crippen LogP contribution in [0.1, 0.15) is 53.9 Å². The summed E-state index contributed by atoms with van der Waals surface area (Å²) in [6.07, 6.45) is 4.76. The Morgan fingerprint density at radius 3 is 2.22 bits per heavy atom. The topological polar surface area (TPSA) is 64.0 Å². The summed E-state index contributed by atoms with van der Waals surface area (Å²) < 4.78 is 13.2. The molecule has 6 heteroatoms. The molecule has 0 spiro atoms. The van der Waals surface area contributed by atoms with E-state index in [1.807, 2.05) is 47.4 Å². The highest BCUT2D eigenvalue weighted by Crippen LogP contribution is 2.30. The van der Waals surface area contributed by atoms with Crippen LogP contribution in [0.5, 0.6) is 0 Å². The van der Waals surface area contributed by atoms with Crippen molar-refractivity contribution < 1.29 is 19.4 Å². The molecule has 2 N–H and O–H groups in total. The highest BCUT2D eigenvalue weighted by molar-refractivity contribution is 6.07. The number of fused-ring (bicyclic) bond motifs is 1. The highest BCUT2D eigenvalue weighted by atomic mass is 19.1. The number of likely N-dealkylation sites (tertiary alicyclic amines) is 2. The fourth-order valence-electron chi connectivity index (χ4n) is 5.52. The Morgan fingerprint density at radius 2 is 1.51 bits per heavy atom. The SMILES string of the molecule is O=C(c1cccc2ccccc12)N1CC[C@H](CN2CCC(c3ccc(F)cc3)CC2)C1.OCCCCO. The van der Waals surface area contributed by atoms with Gasteiger partial charge in [0.05, 0.1) is 0 Å². The summed E-state index contributed by atoms with van der Waals surface area (Å²) in [5.41, 5.74) is 2.08. The maximum Gasteiger partial charge on any atom is 0.254 e. The number of piperidine rings is 1. The number of hydrogen-bond donors (Lipinski definition) is 2. The van der Waals surface area contributed by atoms with Crippen molar-refractivity contribution >= 4 is 16.7 Å². The average molecular weight is 507 g/mol. The smallest absolute Gasteiger partial charge is 0.254 e. The molecular formula is C31H39FN2O3. The van der Waals surface area contributed by atoms with Gasteiger partial charge in [-0.1, -0.05) is 48.5 Å². The third-order valence-corrected chi connectivity index (χ3v) is 7.60. The van der Waals surface area contributed by atoms with Gasteiger partial charge in [-0.3, -0.25) is 4.79 Å². The number of carbonyl (C=O) groups is 1. The summed E-state index contributed by atoms with van der Waals surface area (Å²) in [5.74, 6) is 1.07. The van der Waals surface area contributed by atoms with Crippen LogP contribution in [0, 0.1) is 11.7 Å². The summed E-state index contributed by atoms with van der Waals surface area (Å²) in [4.78, 5) is 17.8. The number of unbranched alkanes of at least 4 members (excludes halogenated alkanes) is 1. The zero-order valence-electron chi connectivity index (χ0n) is 21.6. The molecule has 198 valence electrons. The van der Waals surface area contributed by atoms with E-state index < -0.39 is 0 Å². The number of rotatable bonds is 7. The van der Waals surface area contributed by atoms with Gasteiger partial charge in [0.1, 0.15) is 5.82 Å². The van der Waals surface area contributed by atoms with E-state index in [4.69, 9.17) is 10.2 Å². The molecule has 0 saturated carbocycles. The lowest BCUT2D eigenvalue weighted by atomic mass is 9.89. The first-order valence-electron chi connectivity index (χ1n) is 13.6. The Bertz CT molecular complexity index is 1120. The molecule has 0 aromatic heterocycles. The van der Waals surface area contributed by atoms with E-state index >= 15 is 0 Å².